The number of hydrogen-bond donors (Lipinski definition) is 3. The second kappa shape index (κ2) is 6.84. The molecule has 1 aromatic rings. The minimum atomic E-state index is -0.660. The van der Waals surface area contributed by atoms with E-state index in [0.29, 0.717) is 16.5 Å². The van der Waals surface area contributed by atoms with Crippen molar-refractivity contribution in [1.29, 1.82) is 0 Å². The van der Waals surface area contributed by atoms with Gasteiger partial charge in [0.15, 0.2) is 0 Å². The molecule has 0 saturated heterocycles. The third-order valence-corrected chi connectivity index (χ3v) is 2.81. The molecule has 0 unspecified atom stereocenters. The standard InChI is InChI=1S/C12H16ClN3O3/c1-7-5-9(10(19-2)6-8(7)13)16-11(17)3-4-15-12(14)18/h5-6H,3-4H2,1-2H3,(H,16,17)(H3,14,15,18). The Morgan fingerprint density at radius 2 is 2.11 bits per heavy atom. The van der Waals surface area contributed by atoms with Crippen molar-refractivity contribution in [2.24, 2.45) is 5.73 Å². The number of ether oxygens (including phenoxy) is 1. The van der Waals surface area contributed by atoms with E-state index in [1.807, 2.05) is 6.92 Å². The predicted molar refractivity (Wildman–Crippen MR) is 73.6 cm³/mol. The topological polar surface area (TPSA) is 93.4 Å². The third-order valence-electron chi connectivity index (χ3n) is 2.41. The number of benzene rings is 1. The summed E-state index contributed by atoms with van der Waals surface area (Å²) in [6, 6.07) is 2.70. The van der Waals surface area contributed by atoms with Gasteiger partial charge in [0, 0.05) is 24.1 Å². The maximum atomic E-state index is 11.7. The average molecular weight is 286 g/mol. The monoisotopic (exact) mass is 285 g/mol. The lowest BCUT2D eigenvalue weighted by Crippen LogP contribution is -2.32. The molecule has 0 bridgehead atoms. The molecule has 7 heteroatoms. The number of nitrogens with one attached hydrogen (secondary N) is 2. The van der Waals surface area contributed by atoms with Gasteiger partial charge in [-0.3, -0.25) is 4.79 Å². The number of methoxy groups -OCH3 is 1. The molecule has 0 saturated carbocycles. The van der Waals surface area contributed by atoms with Crippen LogP contribution in [0.15, 0.2) is 12.1 Å². The lowest BCUT2D eigenvalue weighted by molar-refractivity contribution is -0.116. The van der Waals surface area contributed by atoms with Crippen LogP contribution >= 0.6 is 11.6 Å². The molecule has 0 aromatic heterocycles. The number of hydrogen-bond acceptors (Lipinski definition) is 3. The van der Waals surface area contributed by atoms with Crippen LogP contribution in [0.4, 0.5) is 10.5 Å². The molecular weight excluding hydrogens is 270 g/mol. The Kier molecular flexibility index (Phi) is 5.44. The van der Waals surface area contributed by atoms with Crippen LogP contribution in [0.3, 0.4) is 0 Å². The molecule has 0 radical (unpaired) electrons. The first kappa shape index (κ1) is 15.1. The quantitative estimate of drug-likeness (QED) is 0.768. The summed E-state index contributed by atoms with van der Waals surface area (Å²) in [6.45, 7) is 2.00. The van der Waals surface area contributed by atoms with E-state index in [2.05, 4.69) is 10.6 Å². The first-order chi connectivity index (χ1) is 8.93. The van der Waals surface area contributed by atoms with E-state index in [4.69, 9.17) is 22.1 Å². The average Bonchev–Trinajstić information content (AvgIpc) is 2.33. The van der Waals surface area contributed by atoms with Crippen molar-refractivity contribution in [3.05, 3.63) is 22.7 Å². The van der Waals surface area contributed by atoms with Crippen LogP contribution in [0.1, 0.15) is 12.0 Å². The molecule has 4 N–H and O–H groups in total. The highest BCUT2D eigenvalue weighted by Crippen LogP contribution is 2.30. The van der Waals surface area contributed by atoms with Crippen molar-refractivity contribution in [1.82, 2.24) is 5.32 Å². The van der Waals surface area contributed by atoms with Crippen molar-refractivity contribution in [3.8, 4) is 5.75 Å². The molecule has 0 aliphatic heterocycles. The van der Waals surface area contributed by atoms with Gasteiger partial charge >= 0.3 is 6.03 Å². The van der Waals surface area contributed by atoms with E-state index in [9.17, 15) is 9.59 Å². The molecule has 0 aliphatic carbocycles. The summed E-state index contributed by atoms with van der Waals surface area (Å²) in [4.78, 5) is 22.1. The maximum Gasteiger partial charge on any atom is 0.312 e. The van der Waals surface area contributed by atoms with E-state index >= 15 is 0 Å². The number of rotatable bonds is 5. The summed E-state index contributed by atoms with van der Waals surface area (Å²) in [5.41, 5.74) is 6.26. The number of halogens is 1. The Morgan fingerprint density at radius 1 is 1.42 bits per heavy atom. The van der Waals surface area contributed by atoms with E-state index in [1.165, 1.54) is 7.11 Å². The summed E-state index contributed by atoms with van der Waals surface area (Å²) in [6.07, 6.45) is 0.119. The number of carbonyl (C=O) groups excluding carboxylic acids is 2. The first-order valence-corrected chi connectivity index (χ1v) is 5.99. The van der Waals surface area contributed by atoms with Gasteiger partial charge in [0.2, 0.25) is 5.91 Å². The maximum absolute atomic E-state index is 11.7. The summed E-state index contributed by atoms with van der Waals surface area (Å²) in [7, 11) is 1.49. The van der Waals surface area contributed by atoms with E-state index in [1.54, 1.807) is 12.1 Å². The molecule has 0 atom stereocenters. The molecule has 1 rings (SSSR count). The Balaban J connectivity index is 2.68. The molecule has 0 fully saturated rings. The number of nitrogens with two attached hydrogens (primary N) is 1. The van der Waals surface area contributed by atoms with Crippen LogP contribution in [0, 0.1) is 6.92 Å². The Hall–Kier alpha value is -1.95. The zero-order chi connectivity index (χ0) is 14.4. The van der Waals surface area contributed by atoms with Crippen molar-refractivity contribution >= 4 is 29.2 Å². The number of aryl methyl sites for hydroxylation is 1. The summed E-state index contributed by atoms with van der Waals surface area (Å²) in [5, 5.41) is 5.59. The predicted octanol–water partition coefficient (Wildman–Crippen LogP) is 1.65. The fraction of sp³-hybridized carbons (Fsp3) is 0.333. The van der Waals surface area contributed by atoms with Crippen LogP contribution in [0.5, 0.6) is 5.75 Å². The van der Waals surface area contributed by atoms with Gasteiger partial charge in [0.1, 0.15) is 5.75 Å². The van der Waals surface area contributed by atoms with E-state index in [0.717, 1.165) is 5.56 Å². The first-order valence-electron chi connectivity index (χ1n) is 5.61. The zero-order valence-electron chi connectivity index (χ0n) is 10.7. The van der Waals surface area contributed by atoms with Crippen molar-refractivity contribution < 1.29 is 14.3 Å². The second-order valence-corrected chi connectivity index (χ2v) is 4.30. The molecule has 104 valence electrons. The Labute approximate surface area is 116 Å². The smallest absolute Gasteiger partial charge is 0.312 e. The fourth-order valence-corrected chi connectivity index (χ4v) is 1.60. The molecular formula is C12H16ClN3O3. The SMILES string of the molecule is COc1cc(Cl)c(C)cc1NC(=O)CCNC(N)=O. The number of carbonyl (C=O) groups is 2. The van der Waals surface area contributed by atoms with Gasteiger partial charge in [0.05, 0.1) is 12.8 Å². The number of urea groups is 1. The largest absolute Gasteiger partial charge is 0.495 e. The highest BCUT2D eigenvalue weighted by molar-refractivity contribution is 6.31. The van der Waals surface area contributed by atoms with Crippen LogP contribution in [0.25, 0.3) is 0 Å². The van der Waals surface area contributed by atoms with Crippen LogP contribution in [-0.2, 0) is 4.79 Å². The summed E-state index contributed by atoms with van der Waals surface area (Å²) in [5.74, 6) is 0.223. The Bertz CT molecular complexity index is 491. The van der Waals surface area contributed by atoms with Gasteiger partial charge in [0.25, 0.3) is 0 Å². The van der Waals surface area contributed by atoms with Gasteiger partial charge in [-0.2, -0.15) is 0 Å². The van der Waals surface area contributed by atoms with Gasteiger partial charge < -0.3 is 21.1 Å². The van der Waals surface area contributed by atoms with Gasteiger partial charge in [-0.15, -0.1) is 0 Å². The van der Waals surface area contributed by atoms with Gasteiger partial charge in [-0.05, 0) is 18.6 Å². The van der Waals surface area contributed by atoms with Crippen LogP contribution < -0.4 is 21.1 Å². The zero-order valence-corrected chi connectivity index (χ0v) is 11.5. The molecule has 6 nitrogen and oxygen atoms in total. The van der Waals surface area contributed by atoms with E-state index in [-0.39, 0.29) is 18.9 Å². The fourth-order valence-electron chi connectivity index (χ4n) is 1.44. The van der Waals surface area contributed by atoms with Crippen molar-refractivity contribution in [2.75, 3.05) is 19.0 Å². The molecule has 0 spiro atoms. The van der Waals surface area contributed by atoms with Crippen molar-refractivity contribution in [2.45, 2.75) is 13.3 Å². The van der Waals surface area contributed by atoms with E-state index < -0.39 is 6.03 Å². The molecule has 1 aromatic carbocycles. The Morgan fingerprint density at radius 3 is 2.68 bits per heavy atom. The second-order valence-electron chi connectivity index (χ2n) is 3.89. The highest BCUT2D eigenvalue weighted by atomic mass is 35.5. The lowest BCUT2D eigenvalue weighted by Gasteiger charge is -2.12. The summed E-state index contributed by atoms with van der Waals surface area (Å²) >= 11 is 5.97. The highest BCUT2D eigenvalue weighted by Gasteiger charge is 2.10. The van der Waals surface area contributed by atoms with Gasteiger partial charge in [-0.25, -0.2) is 4.79 Å². The van der Waals surface area contributed by atoms with Crippen LogP contribution in [-0.4, -0.2) is 25.6 Å². The molecule has 19 heavy (non-hydrogen) atoms. The minimum absolute atomic E-state index is 0.119. The normalized spacial score (nSPS) is 9.84. The molecule has 0 heterocycles. The molecule has 0 aliphatic rings. The number of anilines is 1. The molecule has 3 amide bonds. The number of amides is 3. The minimum Gasteiger partial charge on any atom is -0.495 e. The van der Waals surface area contributed by atoms with Crippen LogP contribution in [0.2, 0.25) is 5.02 Å². The van der Waals surface area contributed by atoms with Gasteiger partial charge in [-0.1, -0.05) is 11.6 Å². The lowest BCUT2D eigenvalue weighted by atomic mass is 10.2. The van der Waals surface area contributed by atoms with Crippen molar-refractivity contribution in [3.63, 3.8) is 0 Å². The number of primary amides is 1. The third kappa shape index (κ3) is 4.67. The summed E-state index contributed by atoms with van der Waals surface area (Å²) < 4.78 is 5.14.